The Kier molecular flexibility index (Phi) is 7.38. The number of carbonyl (C=O) groups is 2. The van der Waals surface area contributed by atoms with Gasteiger partial charge in [-0.05, 0) is 53.2 Å². The second-order valence-corrected chi connectivity index (χ2v) is 9.96. The molecule has 0 saturated carbocycles. The summed E-state index contributed by atoms with van der Waals surface area (Å²) in [6.45, 7) is 0.182. The van der Waals surface area contributed by atoms with Crippen LogP contribution in [-0.2, 0) is 17.9 Å². The van der Waals surface area contributed by atoms with Gasteiger partial charge >= 0.3 is 0 Å². The molecule has 0 bridgehead atoms. The topological polar surface area (TPSA) is 98.1 Å². The highest BCUT2D eigenvalue weighted by Gasteiger charge is 2.36. The van der Waals surface area contributed by atoms with Crippen LogP contribution in [0.3, 0.4) is 0 Å². The number of benzene rings is 3. The van der Waals surface area contributed by atoms with Crippen molar-refractivity contribution in [2.45, 2.75) is 13.2 Å². The summed E-state index contributed by atoms with van der Waals surface area (Å²) in [4.78, 5) is 27.1. The largest absolute Gasteiger partial charge is 0.493 e. The second kappa shape index (κ2) is 10.9. The van der Waals surface area contributed by atoms with Crippen molar-refractivity contribution in [1.82, 2.24) is 4.90 Å². The number of nitrogens with zero attached hydrogens (tertiary/aromatic N) is 2. The van der Waals surface area contributed by atoms with E-state index in [1.54, 1.807) is 48.5 Å². The first-order valence-electron chi connectivity index (χ1n) is 11.2. The van der Waals surface area contributed by atoms with Gasteiger partial charge in [0.25, 0.3) is 11.1 Å². The average molecular weight is 569 g/mol. The van der Waals surface area contributed by atoms with Crippen LogP contribution in [0, 0.1) is 11.3 Å². The van der Waals surface area contributed by atoms with E-state index in [4.69, 9.17) is 42.1 Å². The van der Waals surface area contributed by atoms with Crippen LogP contribution in [0.5, 0.6) is 23.0 Å². The van der Waals surface area contributed by atoms with Crippen LogP contribution in [0.25, 0.3) is 6.08 Å². The molecule has 0 aliphatic carbocycles. The Bertz CT molecular complexity index is 1530. The Balaban J connectivity index is 1.35. The molecular weight excluding hydrogens is 551 g/mol. The summed E-state index contributed by atoms with van der Waals surface area (Å²) in [5.41, 5.74) is 2.30. The Morgan fingerprint density at radius 3 is 2.61 bits per heavy atom. The van der Waals surface area contributed by atoms with E-state index in [-0.39, 0.29) is 29.9 Å². The van der Waals surface area contributed by atoms with E-state index in [1.807, 2.05) is 6.07 Å². The first-order chi connectivity index (χ1) is 18.4. The van der Waals surface area contributed by atoms with Crippen LogP contribution in [-0.4, -0.2) is 29.9 Å². The smallest absolute Gasteiger partial charge is 0.293 e. The highest BCUT2D eigenvalue weighted by Crippen LogP contribution is 2.41. The summed E-state index contributed by atoms with van der Waals surface area (Å²) in [7, 11) is 1.47. The van der Waals surface area contributed by atoms with Gasteiger partial charge in [0.05, 0.1) is 35.2 Å². The van der Waals surface area contributed by atoms with Gasteiger partial charge in [0, 0.05) is 16.7 Å². The fourth-order valence-electron chi connectivity index (χ4n) is 3.91. The van der Waals surface area contributed by atoms with E-state index >= 15 is 0 Å². The molecule has 1 saturated heterocycles. The zero-order chi connectivity index (χ0) is 26.8. The van der Waals surface area contributed by atoms with Crippen molar-refractivity contribution >= 4 is 52.2 Å². The molecule has 3 aromatic carbocycles. The van der Waals surface area contributed by atoms with Crippen molar-refractivity contribution in [3.05, 3.63) is 85.7 Å². The van der Waals surface area contributed by atoms with Crippen molar-refractivity contribution in [2.24, 2.45) is 0 Å². The minimum Gasteiger partial charge on any atom is -0.493 e. The van der Waals surface area contributed by atoms with Gasteiger partial charge in [-0.25, -0.2) is 0 Å². The Morgan fingerprint density at radius 1 is 1.08 bits per heavy atom. The molecule has 11 heteroatoms. The molecule has 2 heterocycles. The number of rotatable bonds is 7. The van der Waals surface area contributed by atoms with Gasteiger partial charge < -0.3 is 18.9 Å². The number of thioether (sulfide) groups is 1. The number of imide groups is 1. The van der Waals surface area contributed by atoms with Crippen LogP contribution in [0.15, 0.2) is 53.4 Å². The zero-order valence-corrected chi connectivity index (χ0v) is 22.2. The van der Waals surface area contributed by atoms with Crippen LogP contribution in [0.1, 0.15) is 22.3 Å². The van der Waals surface area contributed by atoms with E-state index in [2.05, 4.69) is 6.07 Å². The number of ether oxygens (including phenoxy) is 4. The van der Waals surface area contributed by atoms with Crippen molar-refractivity contribution < 1.29 is 28.5 Å². The highest BCUT2D eigenvalue weighted by molar-refractivity contribution is 8.18. The highest BCUT2D eigenvalue weighted by atomic mass is 35.5. The summed E-state index contributed by atoms with van der Waals surface area (Å²) in [5.74, 6) is 1.19. The minimum atomic E-state index is -0.461. The fraction of sp³-hybridized carbons (Fsp3) is 0.148. The van der Waals surface area contributed by atoms with E-state index in [1.165, 1.54) is 7.11 Å². The second-order valence-electron chi connectivity index (χ2n) is 8.16. The van der Waals surface area contributed by atoms with Crippen molar-refractivity contribution in [3.63, 3.8) is 0 Å². The van der Waals surface area contributed by atoms with E-state index < -0.39 is 11.1 Å². The maximum Gasteiger partial charge on any atom is 0.293 e. The Labute approximate surface area is 232 Å². The number of nitriles is 1. The summed E-state index contributed by atoms with van der Waals surface area (Å²) in [6.07, 6.45) is 1.56. The third-order valence-corrected chi connectivity index (χ3v) is 7.34. The number of halogens is 2. The third-order valence-electron chi connectivity index (χ3n) is 5.80. The molecule has 8 nitrogen and oxygen atoms in total. The van der Waals surface area contributed by atoms with Crippen molar-refractivity contribution in [3.8, 4) is 29.1 Å². The van der Waals surface area contributed by atoms with Gasteiger partial charge in [-0.3, -0.25) is 14.5 Å². The summed E-state index contributed by atoms with van der Waals surface area (Å²) in [5, 5.41) is 9.48. The molecule has 0 atom stereocenters. The van der Waals surface area contributed by atoms with E-state index in [0.717, 1.165) is 16.7 Å². The maximum atomic E-state index is 13.1. The molecule has 0 unspecified atom stereocenters. The third kappa shape index (κ3) is 5.11. The first kappa shape index (κ1) is 25.8. The number of hydrogen-bond acceptors (Lipinski definition) is 8. The lowest BCUT2D eigenvalue weighted by atomic mass is 10.1. The molecule has 0 radical (unpaired) electrons. The predicted octanol–water partition coefficient (Wildman–Crippen LogP) is 6.42. The van der Waals surface area contributed by atoms with E-state index in [9.17, 15) is 14.9 Å². The van der Waals surface area contributed by atoms with Gasteiger partial charge in [0.2, 0.25) is 6.79 Å². The lowest BCUT2D eigenvalue weighted by molar-refractivity contribution is -0.123. The zero-order valence-electron chi connectivity index (χ0n) is 19.8. The van der Waals surface area contributed by atoms with Crippen molar-refractivity contribution in [1.29, 1.82) is 5.26 Å². The van der Waals surface area contributed by atoms with Crippen LogP contribution in [0.4, 0.5) is 4.79 Å². The van der Waals surface area contributed by atoms with E-state index in [0.29, 0.717) is 50.3 Å². The number of methoxy groups -OCH3 is 1. The predicted molar refractivity (Wildman–Crippen MR) is 143 cm³/mol. The molecule has 1 fully saturated rings. The molecule has 38 heavy (non-hydrogen) atoms. The summed E-state index contributed by atoms with van der Waals surface area (Å²) < 4.78 is 22.0. The average Bonchev–Trinajstić information content (AvgIpc) is 3.46. The lowest BCUT2D eigenvalue weighted by Gasteiger charge is -2.15. The van der Waals surface area contributed by atoms with Crippen LogP contribution < -0.4 is 18.9 Å². The van der Waals surface area contributed by atoms with Gasteiger partial charge in [-0.15, -0.1) is 0 Å². The molecule has 0 N–H and O–H groups in total. The normalized spacial score (nSPS) is 15.2. The molecular formula is C27H18Cl2N2O6S. The van der Waals surface area contributed by atoms with Gasteiger partial charge in [-0.2, -0.15) is 5.26 Å². The number of amides is 2. The van der Waals surface area contributed by atoms with Crippen LogP contribution >= 0.6 is 35.0 Å². The fourth-order valence-corrected chi connectivity index (χ4v) is 5.23. The summed E-state index contributed by atoms with van der Waals surface area (Å²) >= 11 is 13.6. The Hall–Kier alpha value is -3.84. The quantitative estimate of drug-likeness (QED) is 0.301. The first-order valence-corrected chi connectivity index (χ1v) is 12.8. The lowest BCUT2D eigenvalue weighted by Crippen LogP contribution is -2.27. The van der Waals surface area contributed by atoms with Crippen molar-refractivity contribution in [2.75, 3.05) is 13.9 Å². The number of hydrogen-bond donors (Lipinski definition) is 0. The molecule has 2 aliphatic rings. The molecule has 2 aliphatic heterocycles. The summed E-state index contributed by atoms with van der Waals surface area (Å²) in [6, 6.07) is 15.7. The van der Waals surface area contributed by atoms with Gasteiger partial charge in [-0.1, -0.05) is 41.4 Å². The van der Waals surface area contributed by atoms with Gasteiger partial charge in [0.1, 0.15) is 6.61 Å². The SMILES string of the molecule is COc1cc(/C=C2\SC(=O)N(Cc3cc4c(cc3Cl)OCO4)C2=O)cc(Cl)c1OCc1ccccc1C#N. The molecule has 0 spiro atoms. The number of carbonyl (C=O) groups excluding carboxylic acids is 2. The molecule has 0 aromatic heterocycles. The molecule has 2 amide bonds. The standard InChI is InChI=1S/C27H18Cl2N2O6S/c1-34-23-7-15(6-20(29)25(23)35-13-17-5-3-2-4-16(17)11-30)8-24-26(32)31(27(33)38-24)12-18-9-21-22(10-19(18)28)37-14-36-21/h2-10H,12-14H2,1H3/b24-8-. The number of fused-ring (bicyclic) bond motifs is 1. The van der Waals surface area contributed by atoms with Crippen LogP contribution in [0.2, 0.25) is 10.0 Å². The Morgan fingerprint density at radius 2 is 1.84 bits per heavy atom. The monoisotopic (exact) mass is 568 g/mol. The maximum absolute atomic E-state index is 13.1. The van der Waals surface area contributed by atoms with Gasteiger partial charge in [0.15, 0.2) is 23.0 Å². The molecule has 3 aromatic rings. The molecule has 5 rings (SSSR count). The minimum absolute atomic E-state index is 0.0154. The molecule has 192 valence electrons.